The fourth-order valence-corrected chi connectivity index (χ4v) is 3.04. The Hall–Kier alpha value is -2.69. The Balaban J connectivity index is 1.89. The minimum absolute atomic E-state index is 0.0477. The predicted molar refractivity (Wildman–Crippen MR) is 98.8 cm³/mol. The summed E-state index contributed by atoms with van der Waals surface area (Å²) in [6, 6.07) is 7.98. The van der Waals surface area contributed by atoms with Crippen LogP contribution in [0.4, 0.5) is 0 Å². The van der Waals surface area contributed by atoms with Crippen LogP contribution in [0.3, 0.4) is 0 Å². The first kappa shape index (κ1) is 17.1. The van der Waals surface area contributed by atoms with E-state index in [9.17, 15) is 4.79 Å². The third-order valence-electron chi connectivity index (χ3n) is 4.46. The third-order valence-corrected chi connectivity index (χ3v) is 4.46. The number of carbonyl (C=O) groups excluding carboxylic acids is 1. The lowest BCUT2D eigenvalue weighted by Gasteiger charge is -2.21. The summed E-state index contributed by atoms with van der Waals surface area (Å²) in [6.45, 7) is 7.44. The highest BCUT2D eigenvalue weighted by Gasteiger charge is 2.22. The summed E-state index contributed by atoms with van der Waals surface area (Å²) in [5, 5.41) is 0. The molecule has 0 atom stereocenters. The fraction of sp³-hybridized carbons (Fsp3) is 0.350. The zero-order chi connectivity index (χ0) is 17.8. The van der Waals surface area contributed by atoms with Crippen molar-refractivity contribution >= 4 is 11.6 Å². The van der Waals surface area contributed by atoms with Crippen LogP contribution < -0.4 is 0 Å². The van der Waals surface area contributed by atoms with Gasteiger partial charge in [0.2, 0.25) is 0 Å². The van der Waals surface area contributed by atoms with Gasteiger partial charge in [0.15, 0.2) is 0 Å². The SMILES string of the molecule is CCc1nc2ccc(C)cn2c1C(=O)N(CC)CCc1ccncc1. The number of pyridine rings is 2. The molecular weight excluding hydrogens is 312 g/mol. The lowest BCUT2D eigenvalue weighted by atomic mass is 10.1. The van der Waals surface area contributed by atoms with Gasteiger partial charge in [0.1, 0.15) is 11.3 Å². The molecule has 0 radical (unpaired) electrons. The maximum Gasteiger partial charge on any atom is 0.272 e. The Morgan fingerprint density at radius 2 is 1.92 bits per heavy atom. The van der Waals surface area contributed by atoms with E-state index < -0.39 is 0 Å². The fourth-order valence-electron chi connectivity index (χ4n) is 3.04. The lowest BCUT2D eigenvalue weighted by molar-refractivity contribution is 0.0758. The van der Waals surface area contributed by atoms with Crippen molar-refractivity contribution in [1.82, 2.24) is 19.3 Å². The number of aryl methyl sites for hydroxylation is 2. The number of nitrogens with zero attached hydrogens (tertiary/aromatic N) is 4. The molecule has 0 aromatic carbocycles. The first-order chi connectivity index (χ1) is 12.1. The number of amides is 1. The van der Waals surface area contributed by atoms with Gasteiger partial charge in [-0.05, 0) is 56.0 Å². The molecule has 3 rings (SSSR count). The largest absolute Gasteiger partial charge is 0.337 e. The lowest BCUT2D eigenvalue weighted by Crippen LogP contribution is -2.34. The van der Waals surface area contributed by atoms with Crippen LogP contribution in [0.25, 0.3) is 5.65 Å². The average Bonchev–Trinajstić information content (AvgIpc) is 3.00. The highest BCUT2D eigenvalue weighted by Crippen LogP contribution is 2.17. The molecule has 5 nitrogen and oxygen atoms in total. The molecule has 3 aromatic heterocycles. The van der Waals surface area contributed by atoms with Gasteiger partial charge in [0, 0.05) is 31.7 Å². The molecule has 0 aliphatic heterocycles. The number of rotatable bonds is 6. The highest BCUT2D eigenvalue weighted by atomic mass is 16.2. The topological polar surface area (TPSA) is 50.5 Å². The Bertz CT molecular complexity index is 870. The van der Waals surface area contributed by atoms with E-state index in [0.717, 1.165) is 29.7 Å². The molecule has 3 heterocycles. The van der Waals surface area contributed by atoms with Gasteiger partial charge in [0.05, 0.1) is 5.69 Å². The quantitative estimate of drug-likeness (QED) is 0.694. The molecule has 0 fully saturated rings. The van der Waals surface area contributed by atoms with Crippen molar-refractivity contribution in [3.63, 3.8) is 0 Å². The molecule has 0 saturated carbocycles. The molecule has 0 saturated heterocycles. The van der Waals surface area contributed by atoms with Crippen LogP contribution in [0.2, 0.25) is 0 Å². The second-order valence-electron chi connectivity index (χ2n) is 6.19. The van der Waals surface area contributed by atoms with E-state index in [2.05, 4.69) is 9.97 Å². The van der Waals surface area contributed by atoms with Gasteiger partial charge in [-0.15, -0.1) is 0 Å². The van der Waals surface area contributed by atoms with E-state index in [1.165, 1.54) is 5.56 Å². The number of hydrogen-bond donors (Lipinski definition) is 0. The van der Waals surface area contributed by atoms with Crippen LogP contribution in [0.15, 0.2) is 42.9 Å². The maximum atomic E-state index is 13.2. The summed E-state index contributed by atoms with van der Waals surface area (Å²) >= 11 is 0. The van der Waals surface area contributed by atoms with E-state index in [1.807, 2.05) is 60.5 Å². The van der Waals surface area contributed by atoms with Crippen LogP contribution in [-0.4, -0.2) is 38.3 Å². The van der Waals surface area contributed by atoms with Crippen molar-refractivity contribution in [2.24, 2.45) is 0 Å². The normalized spacial score (nSPS) is 11.0. The number of fused-ring (bicyclic) bond motifs is 1. The van der Waals surface area contributed by atoms with Crippen molar-refractivity contribution in [3.8, 4) is 0 Å². The van der Waals surface area contributed by atoms with Crippen LogP contribution in [0, 0.1) is 6.92 Å². The Kier molecular flexibility index (Phi) is 5.12. The van der Waals surface area contributed by atoms with Crippen molar-refractivity contribution < 1.29 is 4.79 Å². The first-order valence-corrected chi connectivity index (χ1v) is 8.79. The molecule has 25 heavy (non-hydrogen) atoms. The molecule has 1 amide bonds. The Morgan fingerprint density at radius 3 is 2.60 bits per heavy atom. The summed E-state index contributed by atoms with van der Waals surface area (Å²) in [4.78, 5) is 23.8. The van der Waals surface area contributed by atoms with Gasteiger partial charge in [-0.2, -0.15) is 0 Å². The van der Waals surface area contributed by atoms with Gasteiger partial charge in [-0.1, -0.05) is 13.0 Å². The van der Waals surface area contributed by atoms with E-state index in [-0.39, 0.29) is 5.91 Å². The van der Waals surface area contributed by atoms with Gasteiger partial charge in [-0.3, -0.25) is 14.2 Å². The minimum Gasteiger partial charge on any atom is -0.337 e. The molecule has 0 aliphatic rings. The minimum atomic E-state index is 0.0477. The zero-order valence-corrected chi connectivity index (χ0v) is 15.1. The molecule has 0 N–H and O–H groups in total. The molecular formula is C20H24N4O. The van der Waals surface area contributed by atoms with Crippen LogP contribution in [0.1, 0.15) is 41.2 Å². The Morgan fingerprint density at radius 1 is 1.16 bits per heavy atom. The van der Waals surface area contributed by atoms with Crippen molar-refractivity contribution in [2.45, 2.75) is 33.6 Å². The standard InChI is InChI=1S/C20H24N4O/c1-4-17-19(24-14-15(3)6-7-18(24)22-17)20(25)23(5-2)13-10-16-8-11-21-12-9-16/h6-9,11-12,14H,4-5,10,13H2,1-3H3. The molecule has 130 valence electrons. The molecule has 0 spiro atoms. The predicted octanol–water partition coefficient (Wildman–Crippen LogP) is 3.30. The van der Waals surface area contributed by atoms with Gasteiger partial charge < -0.3 is 4.90 Å². The molecule has 0 aliphatic carbocycles. The second-order valence-corrected chi connectivity index (χ2v) is 6.19. The van der Waals surface area contributed by atoms with Crippen molar-refractivity contribution in [2.75, 3.05) is 13.1 Å². The molecule has 0 bridgehead atoms. The molecule has 0 unspecified atom stereocenters. The molecule has 3 aromatic rings. The van der Waals surface area contributed by atoms with Crippen molar-refractivity contribution in [1.29, 1.82) is 0 Å². The van der Waals surface area contributed by atoms with E-state index in [1.54, 1.807) is 12.4 Å². The van der Waals surface area contributed by atoms with Gasteiger partial charge in [-0.25, -0.2) is 4.98 Å². The summed E-state index contributed by atoms with van der Waals surface area (Å²) in [7, 11) is 0. The zero-order valence-electron chi connectivity index (χ0n) is 15.1. The van der Waals surface area contributed by atoms with E-state index in [4.69, 9.17) is 0 Å². The number of aromatic nitrogens is 3. The summed E-state index contributed by atoms with van der Waals surface area (Å²) in [6.07, 6.45) is 7.13. The van der Waals surface area contributed by atoms with E-state index >= 15 is 0 Å². The van der Waals surface area contributed by atoms with Gasteiger partial charge in [0.25, 0.3) is 5.91 Å². The number of carbonyl (C=O) groups is 1. The monoisotopic (exact) mass is 336 g/mol. The van der Waals surface area contributed by atoms with Crippen LogP contribution in [-0.2, 0) is 12.8 Å². The number of imidazole rings is 1. The Labute approximate surface area is 148 Å². The first-order valence-electron chi connectivity index (χ1n) is 8.79. The molecule has 5 heteroatoms. The van der Waals surface area contributed by atoms with Crippen molar-refractivity contribution in [3.05, 3.63) is 65.4 Å². The average molecular weight is 336 g/mol. The van der Waals surface area contributed by atoms with Crippen LogP contribution >= 0.6 is 0 Å². The number of likely N-dealkylation sites (N-methyl/N-ethyl adjacent to an activating group) is 1. The second kappa shape index (κ2) is 7.47. The summed E-state index contributed by atoms with van der Waals surface area (Å²) in [5.41, 5.74) is 4.68. The third kappa shape index (κ3) is 3.55. The smallest absolute Gasteiger partial charge is 0.272 e. The highest BCUT2D eigenvalue weighted by molar-refractivity contribution is 5.94. The summed E-state index contributed by atoms with van der Waals surface area (Å²) in [5.74, 6) is 0.0477. The van der Waals surface area contributed by atoms with Gasteiger partial charge >= 0.3 is 0 Å². The van der Waals surface area contributed by atoms with Crippen LogP contribution in [0.5, 0.6) is 0 Å². The summed E-state index contributed by atoms with van der Waals surface area (Å²) < 4.78 is 1.94. The number of hydrogen-bond acceptors (Lipinski definition) is 3. The maximum absolute atomic E-state index is 13.2. The van der Waals surface area contributed by atoms with E-state index in [0.29, 0.717) is 18.8 Å².